The predicted octanol–water partition coefficient (Wildman–Crippen LogP) is 2.98. The fourth-order valence-electron chi connectivity index (χ4n) is 2.38. The van der Waals surface area contributed by atoms with Gasteiger partial charge in [0.25, 0.3) is 0 Å². The molecule has 1 unspecified atom stereocenters. The molecule has 2 aliphatic rings. The average molecular weight is 326 g/mol. The number of benzene rings is 1. The summed E-state index contributed by atoms with van der Waals surface area (Å²) in [5.74, 6) is 0.942. The quantitative estimate of drug-likeness (QED) is 0.857. The Morgan fingerprint density at radius 2 is 2.00 bits per heavy atom. The highest BCUT2D eigenvalue weighted by atomic mass is 35.5. The van der Waals surface area contributed by atoms with Crippen molar-refractivity contribution in [1.82, 2.24) is 4.90 Å². The first-order valence-electron chi connectivity index (χ1n) is 6.95. The van der Waals surface area contributed by atoms with Crippen LogP contribution in [0.15, 0.2) is 35.3 Å². The highest BCUT2D eigenvalue weighted by Gasteiger charge is 2.35. The maximum absolute atomic E-state index is 12.1. The zero-order chi connectivity index (χ0) is 14.1. The van der Waals surface area contributed by atoms with Crippen molar-refractivity contribution < 1.29 is 4.79 Å². The van der Waals surface area contributed by atoms with E-state index in [1.54, 1.807) is 18.7 Å². The molecule has 0 N–H and O–H groups in total. The lowest BCUT2D eigenvalue weighted by atomic mass is 10.2. The van der Waals surface area contributed by atoms with Gasteiger partial charge in [0.2, 0.25) is 5.91 Å². The number of amides is 1. The summed E-state index contributed by atoms with van der Waals surface area (Å²) in [5.41, 5.74) is 0.949. The van der Waals surface area contributed by atoms with E-state index in [2.05, 4.69) is 4.90 Å². The van der Waals surface area contributed by atoms with E-state index >= 15 is 0 Å². The monoisotopic (exact) mass is 325 g/mol. The normalized spacial score (nSPS) is 23.0. The molecule has 1 aromatic rings. The molecular formula is C15H20ClN3OS. The molecule has 0 radical (unpaired) electrons. The molecule has 1 aliphatic carbocycles. The van der Waals surface area contributed by atoms with Gasteiger partial charge in [0.1, 0.15) is 6.17 Å². The predicted molar refractivity (Wildman–Crippen MR) is 91.3 cm³/mol. The Labute approximate surface area is 136 Å². The van der Waals surface area contributed by atoms with Gasteiger partial charge in [0.15, 0.2) is 5.17 Å². The molecule has 1 saturated heterocycles. The van der Waals surface area contributed by atoms with Crippen LogP contribution in [-0.2, 0) is 4.79 Å². The van der Waals surface area contributed by atoms with E-state index in [0.29, 0.717) is 6.04 Å². The summed E-state index contributed by atoms with van der Waals surface area (Å²) in [6, 6.07) is 10.4. The van der Waals surface area contributed by atoms with Gasteiger partial charge in [0, 0.05) is 25.4 Å². The minimum absolute atomic E-state index is 0. The topological polar surface area (TPSA) is 35.9 Å². The fraction of sp³-hybridized carbons (Fsp3) is 0.467. The number of rotatable bonds is 3. The van der Waals surface area contributed by atoms with E-state index in [-0.39, 0.29) is 24.5 Å². The number of amidine groups is 1. The number of aliphatic imine (C=N–C) groups is 1. The average Bonchev–Trinajstić information content (AvgIpc) is 3.19. The second-order valence-electron chi connectivity index (χ2n) is 5.27. The van der Waals surface area contributed by atoms with Crippen molar-refractivity contribution >= 4 is 40.9 Å². The Morgan fingerprint density at radius 3 is 2.57 bits per heavy atom. The van der Waals surface area contributed by atoms with Crippen LogP contribution < -0.4 is 4.90 Å². The Hall–Kier alpha value is -1.20. The van der Waals surface area contributed by atoms with Gasteiger partial charge >= 0.3 is 0 Å². The summed E-state index contributed by atoms with van der Waals surface area (Å²) in [7, 11) is 2.03. The second-order valence-corrected chi connectivity index (χ2v) is 6.26. The molecule has 1 heterocycles. The number of nitrogens with zero attached hydrogens (tertiary/aromatic N) is 3. The second kappa shape index (κ2) is 6.71. The SMILES string of the molecule is CC(=O)N(c1ccccc1)C1CSC(=NC2CC2)N1C.Cl. The molecule has 1 atom stereocenters. The summed E-state index contributed by atoms with van der Waals surface area (Å²) in [5, 5.41) is 1.07. The molecule has 114 valence electrons. The third-order valence-corrected chi connectivity index (χ3v) is 4.74. The third-order valence-electron chi connectivity index (χ3n) is 3.62. The van der Waals surface area contributed by atoms with E-state index in [1.807, 2.05) is 42.3 Å². The molecular weight excluding hydrogens is 306 g/mol. The Balaban J connectivity index is 0.00000161. The lowest BCUT2D eigenvalue weighted by molar-refractivity contribution is -0.117. The molecule has 0 spiro atoms. The first-order chi connectivity index (χ1) is 9.66. The van der Waals surface area contributed by atoms with Crippen molar-refractivity contribution in [3.63, 3.8) is 0 Å². The summed E-state index contributed by atoms with van der Waals surface area (Å²) >= 11 is 1.75. The number of carbonyl (C=O) groups excluding carboxylic acids is 1. The summed E-state index contributed by atoms with van der Waals surface area (Å²) < 4.78 is 0. The van der Waals surface area contributed by atoms with Gasteiger partial charge in [-0.2, -0.15) is 0 Å². The van der Waals surface area contributed by atoms with Gasteiger partial charge in [-0.3, -0.25) is 14.7 Å². The van der Waals surface area contributed by atoms with Crippen molar-refractivity contribution in [1.29, 1.82) is 0 Å². The number of thioether (sulfide) groups is 1. The molecule has 2 fully saturated rings. The number of halogens is 1. The number of para-hydroxylation sites is 1. The highest BCUT2D eigenvalue weighted by Crippen LogP contribution is 2.32. The molecule has 1 saturated carbocycles. The van der Waals surface area contributed by atoms with E-state index in [9.17, 15) is 4.79 Å². The smallest absolute Gasteiger partial charge is 0.225 e. The molecule has 0 aromatic heterocycles. The Bertz CT molecular complexity index is 533. The molecule has 1 aromatic carbocycles. The van der Waals surface area contributed by atoms with Crippen LogP contribution in [0.2, 0.25) is 0 Å². The summed E-state index contributed by atoms with van der Waals surface area (Å²) in [6.45, 7) is 1.63. The first-order valence-corrected chi connectivity index (χ1v) is 7.93. The maximum Gasteiger partial charge on any atom is 0.225 e. The van der Waals surface area contributed by atoms with Gasteiger partial charge < -0.3 is 4.90 Å². The number of hydrogen-bond donors (Lipinski definition) is 0. The van der Waals surface area contributed by atoms with Gasteiger partial charge in [0.05, 0.1) is 6.04 Å². The van der Waals surface area contributed by atoms with Crippen LogP contribution in [0.4, 0.5) is 5.69 Å². The Kier molecular flexibility index (Phi) is 5.17. The molecule has 1 aliphatic heterocycles. The summed E-state index contributed by atoms with van der Waals surface area (Å²) in [6.07, 6.45) is 2.47. The number of anilines is 1. The van der Waals surface area contributed by atoms with Crippen LogP contribution in [0.1, 0.15) is 19.8 Å². The minimum atomic E-state index is 0. The largest absolute Gasteiger partial charge is 0.333 e. The van der Waals surface area contributed by atoms with E-state index in [4.69, 9.17) is 4.99 Å². The summed E-state index contributed by atoms with van der Waals surface area (Å²) in [4.78, 5) is 20.8. The van der Waals surface area contributed by atoms with Crippen LogP contribution >= 0.6 is 24.2 Å². The molecule has 1 amide bonds. The first kappa shape index (κ1) is 16.2. The van der Waals surface area contributed by atoms with Gasteiger partial charge in [-0.15, -0.1) is 12.4 Å². The van der Waals surface area contributed by atoms with E-state index in [1.165, 1.54) is 12.8 Å². The maximum atomic E-state index is 12.1. The minimum Gasteiger partial charge on any atom is -0.333 e. The molecule has 3 rings (SSSR count). The lowest BCUT2D eigenvalue weighted by Gasteiger charge is -2.32. The van der Waals surface area contributed by atoms with Crippen LogP contribution in [0, 0.1) is 0 Å². The number of carbonyl (C=O) groups is 1. The standard InChI is InChI=1S/C15H19N3OS.ClH/c1-11(19)18(13-6-4-3-5-7-13)14-10-20-15(17(14)2)16-12-8-9-12;/h3-7,12,14H,8-10H2,1-2H3;1H. The molecule has 4 nitrogen and oxygen atoms in total. The van der Waals surface area contributed by atoms with Gasteiger partial charge in [-0.05, 0) is 25.0 Å². The lowest BCUT2D eigenvalue weighted by Crippen LogP contribution is -2.48. The van der Waals surface area contributed by atoms with Crippen molar-refractivity contribution in [2.24, 2.45) is 4.99 Å². The van der Waals surface area contributed by atoms with E-state index in [0.717, 1.165) is 16.6 Å². The molecule has 21 heavy (non-hydrogen) atoms. The van der Waals surface area contributed by atoms with Crippen LogP contribution in [0.5, 0.6) is 0 Å². The zero-order valence-corrected chi connectivity index (χ0v) is 13.9. The number of hydrogen-bond acceptors (Lipinski definition) is 3. The molecule has 0 bridgehead atoms. The zero-order valence-electron chi connectivity index (χ0n) is 12.2. The Morgan fingerprint density at radius 1 is 1.33 bits per heavy atom. The highest BCUT2D eigenvalue weighted by molar-refractivity contribution is 8.14. The van der Waals surface area contributed by atoms with E-state index < -0.39 is 0 Å². The fourth-order valence-corrected chi connectivity index (χ4v) is 3.60. The van der Waals surface area contributed by atoms with Crippen molar-refractivity contribution in [2.45, 2.75) is 32.0 Å². The van der Waals surface area contributed by atoms with Gasteiger partial charge in [-0.25, -0.2) is 0 Å². The van der Waals surface area contributed by atoms with Crippen LogP contribution in [0.3, 0.4) is 0 Å². The van der Waals surface area contributed by atoms with Crippen molar-refractivity contribution in [3.05, 3.63) is 30.3 Å². The third kappa shape index (κ3) is 3.52. The van der Waals surface area contributed by atoms with Crippen molar-refractivity contribution in [3.8, 4) is 0 Å². The van der Waals surface area contributed by atoms with Crippen molar-refractivity contribution in [2.75, 3.05) is 17.7 Å². The van der Waals surface area contributed by atoms with Crippen LogP contribution in [0.25, 0.3) is 0 Å². The van der Waals surface area contributed by atoms with Gasteiger partial charge in [-0.1, -0.05) is 30.0 Å². The molecule has 6 heteroatoms. The van der Waals surface area contributed by atoms with Crippen LogP contribution in [-0.4, -0.2) is 41.0 Å².